The van der Waals surface area contributed by atoms with E-state index in [4.69, 9.17) is 28.7 Å². The molecule has 0 aliphatic carbocycles. The molecule has 0 fully saturated rings. The van der Waals surface area contributed by atoms with Crippen LogP contribution >= 0.6 is 0 Å². The molecule has 38 heavy (non-hydrogen) atoms. The van der Waals surface area contributed by atoms with E-state index < -0.39 is 35.9 Å². The first-order valence-corrected chi connectivity index (χ1v) is 12.2. The zero-order valence-electron chi connectivity index (χ0n) is 21.2. The van der Waals surface area contributed by atoms with Gasteiger partial charge in [-0.05, 0) is 42.0 Å². The zero-order valence-corrected chi connectivity index (χ0v) is 21.2. The molecule has 0 bridgehead atoms. The van der Waals surface area contributed by atoms with Crippen molar-refractivity contribution >= 4 is 40.5 Å². The molecule has 0 aliphatic heterocycles. The minimum absolute atomic E-state index is 0.0581. The lowest BCUT2D eigenvalue weighted by atomic mass is 10.0. The summed E-state index contributed by atoms with van der Waals surface area (Å²) in [6.45, 7) is 0.535. The third-order valence-corrected chi connectivity index (χ3v) is 5.75. The van der Waals surface area contributed by atoms with Gasteiger partial charge in [-0.1, -0.05) is 42.5 Å². The molecule has 3 atom stereocenters. The van der Waals surface area contributed by atoms with Crippen LogP contribution in [-0.4, -0.2) is 66.0 Å². The number of nitrogens with zero attached hydrogens (tertiary/aromatic N) is 2. The van der Waals surface area contributed by atoms with Crippen molar-refractivity contribution in [2.75, 3.05) is 13.1 Å². The Kier molecular flexibility index (Phi) is 11.8. The van der Waals surface area contributed by atoms with Gasteiger partial charge in [0.2, 0.25) is 11.8 Å². The number of rotatable bonds is 15. The highest BCUT2D eigenvalue weighted by Gasteiger charge is 2.28. The molecule has 0 unspecified atom stereocenters. The summed E-state index contributed by atoms with van der Waals surface area (Å²) >= 11 is 0. The van der Waals surface area contributed by atoms with Gasteiger partial charge >= 0.3 is 5.97 Å². The zero-order chi connectivity index (χ0) is 28.1. The molecule has 206 valence electrons. The third kappa shape index (κ3) is 10.3. The predicted octanol–water partition coefficient (Wildman–Crippen LogP) is -1.13. The van der Waals surface area contributed by atoms with Crippen molar-refractivity contribution < 1.29 is 19.5 Å². The number of carboxylic acids is 1. The van der Waals surface area contributed by atoms with E-state index in [9.17, 15) is 19.5 Å². The number of nitrogens with one attached hydrogen (secondary N) is 2. The summed E-state index contributed by atoms with van der Waals surface area (Å²) in [7, 11) is 0. The van der Waals surface area contributed by atoms with Gasteiger partial charge in [-0.15, -0.1) is 0 Å². The van der Waals surface area contributed by atoms with E-state index >= 15 is 0 Å². The summed E-state index contributed by atoms with van der Waals surface area (Å²) in [6.07, 6.45) is 1.33. The normalized spacial score (nSPS) is 13.1. The molecule has 0 heterocycles. The lowest BCUT2D eigenvalue weighted by molar-refractivity contribution is -0.142. The van der Waals surface area contributed by atoms with Crippen LogP contribution in [0.15, 0.2) is 52.4 Å². The van der Waals surface area contributed by atoms with Crippen molar-refractivity contribution in [3.63, 3.8) is 0 Å². The molecule has 0 aliphatic rings. The number of aliphatic carboxylic acids is 1. The molecule has 13 heteroatoms. The molecule has 2 aromatic rings. The molecule has 0 saturated heterocycles. The van der Waals surface area contributed by atoms with Gasteiger partial charge in [0.1, 0.15) is 12.1 Å². The van der Waals surface area contributed by atoms with Crippen molar-refractivity contribution in [1.29, 1.82) is 0 Å². The minimum atomic E-state index is -1.21. The van der Waals surface area contributed by atoms with E-state index in [-0.39, 0.29) is 37.7 Å². The molecule has 0 aromatic heterocycles. The number of fused-ring (bicyclic) bond motifs is 1. The quantitative estimate of drug-likeness (QED) is 0.0791. The second kappa shape index (κ2) is 15.0. The van der Waals surface area contributed by atoms with Crippen LogP contribution < -0.4 is 39.3 Å². The van der Waals surface area contributed by atoms with E-state index in [1.165, 1.54) is 0 Å². The Hall–Kier alpha value is -4.39. The van der Waals surface area contributed by atoms with E-state index in [1.807, 2.05) is 42.5 Å². The van der Waals surface area contributed by atoms with Crippen LogP contribution in [-0.2, 0) is 20.8 Å². The van der Waals surface area contributed by atoms with Crippen LogP contribution in [0.5, 0.6) is 0 Å². The average Bonchev–Trinajstić information content (AvgIpc) is 2.87. The summed E-state index contributed by atoms with van der Waals surface area (Å²) in [5, 5.41) is 16.9. The van der Waals surface area contributed by atoms with Gasteiger partial charge in [0.25, 0.3) is 0 Å². The maximum atomic E-state index is 13.1. The monoisotopic (exact) mass is 527 g/mol. The maximum Gasteiger partial charge on any atom is 0.326 e. The highest BCUT2D eigenvalue weighted by atomic mass is 16.4. The largest absolute Gasteiger partial charge is 0.480 e. The lowest BCUT2D eigenvalue weighted by Gasteiger charge is -2.23. The topological polar surface area (TPSA) is 250 Å². The van der Waals surface area contributed by atoms with Crippen LogP contribution in [0.25, 0.3) is 10.8 Å². The van der Waals surface area contributed by atoms with Crippen LogP contribution in [0.1, 0.15) is 31.2 Å². The van der Waals surface area contributed by atoms with Gasteiger partial charge in [0.05, 0.1) is 6.04 Å². The number of carbonyl (C=O) groups excluding carboxylic acids is 2. The number of carboxylic acid groups (broad SMARTS) is 1. The van der Waals surface area contributed by atoms with E-state index in [0.29, 0.717) is 19.4 Å². The summed E-state index contributed by atoms with van der Waals surface area (Å²) in [4.78, 5) is 45.5. The standard InChI is InChI=1S/C25H37N9O4/c26-18(7-3-11-31-24(27)28)21(35)33-19(8-4-12-32-25(29)30)22(36)34-20(23(37)38)14-15-9-10-16-5-1-2-6-17(16)13-15/h1-2,5-6,9-10,13,18-20H,3-4,7-8,11-12,14,26H2,(H,33,35)(H,34,36)(H,37,38)(H4,27,28,31)(H4,29,30,32)/t18-,19-,20-/m0/s1. The van der Waals surface area contributed by atoms with Gasteiger partial charge in [-0.2, -0.15) is 0 Å². The van der Waals surface area contributed by atoms with Gasteiger partial charge in [-0.3, -0.25) is 19.6 Å². The van der Waals surface area contributed by atoms with Gasteiger partial charge in [-0.25, -0.2) is 4.79 Å². The number of hydrogen-bond donors (Lipinski definition) is 8. The number of nitrogens with two attached hydrogens (primary N) is 5. The van der Waals surface area contributed by atoms with Crippen LogP contribution in [0.2, 0.25) is 0 Å². The number of amides is 2. The number of guanidine groups is 2. The second-order valence-corrected chi connectivity index (χ2v) is 8.85. The molecule has 0 saturated carbocycles. The van der Waals surface area contributed by atoms with Crippen molar-refractivity contribution in [2.45, 2.75) is 50.2 Å². The summed E-state index contributed by atoms with van der Waals surface area (Å²) in [5.74, 6) is -2.56. The Labute approximate surface area is 220 Å². The fraction of sp³-hybridized carbons (Fsp3) is 0.400. The Balaban J connectivity index is 2.08. The molecule has 2 rings (SSSR count). The maximum absolute atomic E-state index is 13.1. The minimum Gasteiger partial charge on any atom is -0.480 e. The number of hydrogen-bond acceptors (Lipinski definition) is 6. The molecule has 2 amide bonds. The van der Waals surface area contributed by atoms with Gasteiger partial charge in [0, 0.05) is 19.5 Å². The summed E-state index contributed by atoms with van der Waals surface area (Å²) in [5.41, 5.74) is 28.0. The molecule has 13 N–H and O–H groups in total. The van der Waals surface area contributed by atoms with Crippen molar-refractivity contribution in [2.24, 2.45) is 38.7 Å². The number of aliphatic imine (C=N–C) groups is 2. The highest BCUT2D eigenvalue weighted by molar-refractivity contribution is 5.92. The molecule has 0 spiro atoms. The average molecular weight is 528 g/mol. The Bertz CT molecular complexity index is 1160. The SMILES string of the molecule is NC(N)=NCCC[C@H](NC(=O)[C@@H](N)CCCN=C(N)N)C(=O)N[C@@H](Cc1ccc2ccccc2c1)C(=O)O. The van der Waals surface area contributed by atoms with E-state index in [2.05, 4.69) is 20.6 Å². The van der Waals surface area contributed by atoms with Crippen molar-refractivity contribution in [3.8, 4) is 0 Å². The lowest BCUT2D eigenvalue weighted by Crippen LogP contribution is -2.54. The van der Waals surface area contributed by atoms with Crippen LogP contribution in [0.3, 0.4) is 0 Å². The first-order valence-electron chi connectivity index (χ1n) is 12.2. The number of benzene rings is 2. The first kappa shape index (κ1) is 29.8. The predicted molar refractivity (Wildman–Crippen MR) is 147 cm³/mol. The highest BCUT2D eigenvalue weighted by Crippen LogP contribution is 2.17. The van der Waals surface area contributed by atoms with Gasteiger partial charge in [0.15, 0.2) is 11.9 Å². The Morgan fingerprint density at radius 1 is 0.789 bits per heavy atom. The fourth-order valence-corrected chi connectivity index (χ4v) is 3.78. The van der Waals surface area contributed by atoms with Crippen LogP contribution in [0.4, 0.5) is 0 Å². The smallest absolute Gasteiger partial charge is 0.326 e. The summed E-state index contributed by atoms with van der Waals surface area (Å²) < 4.78 is 0. The molecule has 13 nitrogen and oxygen atoms in total. The van der Waals surface area contributed by atoms with Crippen molar-refractivity contribution in [3.05, 3.63) is 48.0 Å². The molecule has 0 radical (unpaired) electrons. The van der Waals surface area contributed by atoms with E-state index in [0.717, 1.165) is 16.3 Å². The number of carbonyl (C=O) groups is 3. The van der Waals surface area contributed by atoms with Gasteiger partial charge < -0.3 is 44.4 Å². The van der Waals surface area contributed by atoms with Crippen LogP contribution in [0, 0.1) is 0 Å². The third-order valence-electron chi connectivity index (χ3n) is 5.75. The Morgan fingerprint density at radius 2 is 1.37 bits per heavy atom. The molecular weight excluding hydrogens is 490 g/mol. The Morgan fingerprint density at radius 3 is 1.97 bits per heavy atom. The molecular formula is C25H37N9O4. The first-order chi connectivity index (χ1) is 18.1. The second-order valence-electron chi connectivity index (χ2n) is 8.85. The van der Waals surface area contributed by atoms with E-state index in [1.54, 1.807) is 0 Å². The fourth-order valence-electron chi connectivity index (χ4n) is 3.78. The summed E-state index contributed by atoms with van der Waals surface area (Å²) in [6, 6.07) is 10.1. The molecule has 2 aromatic carbocycles. The van der Waals surface area contributed by atoms with Crippen molar-refractivity contribution in [1.82, 2.24) is 10.6 Å².